The summed E-state index contributed by atoms with van der Waals surface area (Å²) in [5, 5.41) is 14.1. The Hall–Kier alpha value is -3.16. The Morgan fingerprint density at radius 1 is 1.24 bits per heavy atom. The monoisotopic (exact) mass is 570 g/mol. The van der Waals surface area contributed by atoms with Crippen LogP contribution in [0.4, 0.5) is 15.8 Å². The molecule has 14 heteroatoms. The zero-order chi connectivity index (χ0) is 27.5. The van der Waals surface area contributed by atoms with Crippen molar-refractivity contribution < 1.29 is 31.1 Å². The number of sulfone groups is 1. The van der Waals surface area contributed by atoms with Gasteiger partial charge in [-0.05, 0) is 35.7 Å². The number of halogens is 2. The van der Waals surface area contributed by atoms with Crippen LogP contribution < -0.4 is 10.0 Å². The van der Waals surface area contributed by atoms with E-state index in [4.69, 9.17) is 11.6 Å². The molecule has 2 aliphatic heterocycles. The van der Waals surface area contributed by atoms with Gasteiger partial charge in [0.15, 0.2) is 4.36 Å². The number of aliphatic hydroxyl groups excluding tert-OH is 1. The zero-order valence-corrected chi connectivity index (χ0v) is 22.6. The largest absolute Gasteiger partial charge is 0.509 e. The van der Waals surface area contributed by atoms with Crippen LogP contribution in [0.15, 0.2) is 62.8 Å². The summed E-state index contributed by atoms with van der Waals surface area (Å²) in [4.78, 5) is 18.6. The quantitative estimate of drug-likeness (QED) is 0.495. The Morgan fingerprint density at radius 3 is 2.49 bits per heavy atom. The minimum absolute atomic E-state index is 0.00400. The Kier molecular flexibility index (Phi) is 6.54. The average Bonchev–Trinajstić information content (AvgIpc) is 3.01. The molecule has 0 bridgehead atoms. The Bertz CT molecular complexity index is 1580. The first-order chi connectivity index (χ1) is 17.0. The number of carbonyl (C=O) groups excluding carboxylic acids is 1. The van der Waals surface area contributed by atoms with Crippen LogP contribution in [-0.2, 0) is 31.2 Å². The van der Waals surface area contributed by atoms with Gasteiger partial charge < -0.3 is 15.3 Å². The fraction of sp³-hybridized carbons (Fsp3) is 0.304. The van der Waals surface area contributed by atoms with Gasteiger partial charge in [0.25, 0.3) is 5.91 Å². The van der Waals surface area contributed by atoms with Crippen molar-refractivity contribution in [3.8, 4) is 0 Å². The van der Waals surface area contributed by atoms with Gasteiger partial charge in [0, 0.05) is 5.69 Å². The predicted molar refractivity (Wildman–Crippen MR) is 136 cm³/mol. The van der Waals surface area contributed by atoms with Crippen molar-refractivity contribution in [2.75, 3.05) is 16.3 Å². The molecule has 3 heterocycles. The van der Waals surface area contributed by atoms with Crippen LogP contribution in [0.5, 0.6) is 0 Å². The highest BCUT2D eigenvalue weighted by molar-refractivity contribution is 7.97. The summed E-state index contributed by atoms with van der Waals surface area (Å²) >= 11 is 6.31. The fourth-order valence-corrected chi connectivity index (χ4v) is 6.56. The molecule has 1 atom stereocenters. The lowest BCUT2D eigenvalue weighted by molar-refractivity contribution is -0.129. The van der Waals surface area contributed by atoms with Crippen molar-refractivity contribution >= 4 is 48.7 Å². The number of rotatable bonds is 5. The summed E-state index contributed by atoms with van der Waals surface area (Å²) in [6.45, 7) is 5.30. The van der Waals surface area contributed by atoms with Crippen LogP contribution in [-0.4, -0.2) is 50.0 Å². The molecule has 3 N–H and O–H groups in total. The number of benzene rings is 1. The van der Waals surface area contributed by atoms with Crippen molar-refractivity contribution in [3.63, 3.8) is 0 Å². The third-order valence-electron chi connectivity index (χ3n) is 5.76. The van der Waals surface area contributed by atoms with E-state index < -0.39 is 47.4 Å². The van der Waals surface area contributed by atoms with E-state index in [9.17, 15) is 31.1 Å². The molecule has 0 saturated carbocycles. The highest BCUT2D eigenvalue weighted by atomic mass is 35.5. The zero-order valence-electron chi connectivity index (χ0n) is 20.2. The van der Waals surface area contributed by atoms with Gasteiger partial charge in [-0.1, -0.05) is 32.4 Å². The van der Waals surface area contributed by atoms with Gasteiger partial charge in [-0.25, -0.2) is 21.2 Å². The molecule has 0 fully saturated rings. The molecule has 1 aromatic carbocycles. The SMILES string of the molecule is CC(C)(C)[C@H]1C(O)=C(C2=C(Cl)S(=O)(=O)c3cc(NS(C)(=O)=O)ccc3N2)C(=O)N1Cc1ccc(F)cn1. The van der Waals surface area contributed by atoms with Crippen LogP contribution >= 0.6 is 11.6 Å². The molecule has 0 radical (unpaired) electrons. The normalized spacial score (nSPS) is 19.7. The maximum Gasteiger partial charge on any atom is 0.260 e. The number of nitrogens with one attached hydrogen (secondary N) is 2. The lowest BCUT2D eigenvalue weighted by atomic mass is 9.85. The van der Waals surface area contributed by atoms with Crippen molar-refractivity contribution in [1.82, 2.24) is 9.88 Å². The maximum absolute atomic E-state index is 13.6. The maximum atomic E-state index is 13.6. The second-order valence-electron chi connectivity index (χ2n) is 9.79. The third-order valence-corrected chi connectivity index (χ3v) is 8.76. The summed E-state index contributed by atoms with van der Waals surface area (Å²) in [6.07, 6.45) is 1.93. The molecule has 1 aromatic heterocycles. The van der Waals surface area contributed by atoms with E-state index in [0.29, 0.717) is 5.69 Å². The number of amides is 1. The second kappa shape index (κ2) is 8.99. The second-order valence-corrected chi connectivity index (χ2v) is 14.0. The molecule has 0 unspecified atom stereocenters. The summed E-state index contributed by atoms with van der Waals surface area (Å²) in [6, 6.07) is 5.50. The number of pyridine rings is 1. The summed E-state index contributed by atoms with van der Waals surface area (Å²) < 4.78 is 64.6. The van der Waals surface area contributed by atoms with E-state index in [1.54, 1.807) is 20.8 Å². The molecule has 0 spiro atoms. The molecule has 10 nitrogen and oxygen atoms in total. The van der Waals surface area contributed by atoms with Crippen LogP contribution in [0.3, 0.4) is 0 Å². The van der Waals surface area contributed by atoms with Gasteiger partial charge >= 0.3 is 0 Å². The number of hydrogen-bond donors (Lipinski definition) is 3. The van der Waals surface area contributed by atoms with Gasteiger partial charge in [-0.15, -0.1) is 0 Å². The van der Waals surface area contributed by atoms with Crippen molar-refractivity contribution in [3.05, 3.63) is 69.4 Å². The summed E-state index contributed by atoms with van der Waals surface area (Å²) in [5.41, 5.74) is -0.906. The average molecular weight is 571 g/mol. The lowest BCUT2D eigenvalue weighted by Crippen LogP contribution is -2.43. The van der Waals surface area contributed by atoms with Crippen LogP contribution in [0, 0.1) is 11.2 Å². The molecule has 0 saturated heterocycles. The van der Waals surface area contributed by atoms with Crippen LogP contribution in [0.2, 0.25) is 0 Å². The molecule has 1 amide bonds. The first-order valence-corrected chi connectivity index (χ1v) is 14.6. The van der Waals surface area contributed by atoms with Gasteiger partial charge in [-0.2, -0.15) is 0 Å². The number of aliphatic hydroxyl groups is 1. The molecule has 2 aliphatic rings. The van der Waals surface area contributed by atoms with Gasteiger partial charge in [-0.3, -0.25) is 14.5 Å². The van der Waals surface area contributed by atoms with Crippen LogP contribution in [0.25, 0.3) is 0 Å². The van der Waals surface area contributed by atoms with E-state index in [0.717, 1.165) is 18.5 Å². The van der Waals surface area contributed by atoms with Crippen LogP contribution in [0.1, 0.15) is 26.5 Å². The van der Waals surface area contributed by atoms with E-state index in [2.05, 4.69) is 15.0 Å². The van der Waals surface area contributed by atoms with Gasteiger partial charge in [0.2, 0.25) is 19.9 Å². The van der Waals surface area contributed by atoms with E-state index in [1.807, 2.05) is 0 Å². The lowest BCUT2D eigenvalue weighted by Gasteiger charge is -2.35. The number of sulfonamides is 1. The molecule has 37 heavy (non-hydrogen) atoms. The third kappa shape index (κ3) is 5.03. The molecule has 4 rings (SSSR count). The molecular formula is C23H24ClFN4O6S2. The number of carbonyl (C=O) groups is 1. The van der Waals surface area contributed by atoms with E-state index in [-0.39, 0.29) is 39.8 Å². The molecule has 198 valence electrons. The van der Waals surface area contributed by atoms with Crippen molar-refractivity contribution in [1.29, 1.82) is 0 Å². The Labute approximate surface area is 218 Å². The number of hydrogen-bond acceptors (Lipinski definition) is 8. The minimum atomic E-state index is -4.39. The first-order valence-electron chi connectivity index (χ1n) is 10.9. The number of nitrogens with zero attached hydrogens (tertiary/aromatic N) is 2. The van der Waals surface area contributed by atoms with Crippen molar-refractivity contribution in [2.45, 2.75) is 38.3 Å². The minimum Gasteiger partial charge on any atom is -0.509 e. The highest BCUT2D eigenvalue weighted by Gasteiger charge is 2.48. The topological polar surface area (TPSA) is 146 Å². The van der Waals surface area contributed by atoms with E-state index in [1.165, 1.54) is 29.2 Å². The van der Waals surface area contributed by atoms with Gasteiger partial charge in [0.05, 0.1) is 47.0 Å². The Morgan fingerprint density at radius 2 is 1.92 bits per heavy atom. The van der Waals surface area contributed by atoms with E-state index >= 15 is 0 Å². The smallest absolute Gasteiger partial charge is 0.260 e. The van der Waals surface area contributed by atoms with Gasteiger partial charge in [0.1, 0.15) is 17.1 Å². The molecule has 0 aliphatic carbocycles. The number of anilines is 2. The first kappa shape index (κ1) is 26.9. The summed E-state index contributed by atoms with van der Waals surface area (Å²) in [5.74, 6) is -1.62. The number of fused-ring (bicyclic) bond motifs is 1. The molecular weight excluding hydrogens is 547 g/mol. The molecule has 2 aromatic rings. The number of aromatic nitrogens is 1. The predicted octanol–water partition coefficient (Wildman–Crippen LogP) is 3.47. The standard InChI is InChI=1S/C23H24ClFN4O6S2/c1-23(2,3)20-19(30)17(22(31)29(20)11-14-6-5-12(25)10-26-14)18-21(24)37(34,35)16-9-13(28-36(4,32)33)7-8-15(16)27-18/h5-10,20,27-28,30H,11H2,1-4H3/t20-/m1/s1. The Balaban J connectivity index is 1.80. The summed E-state index contributed by atoms with van der Waals surface area (Å²) in [7, 11) is -8.06. The highest BCUT2D eigenvalue weighted by Crippen LogP contribution is 2.45. The fourth-order valence-electron chi connectivity index (χ4n) is 4.31. The van der Waals surface area contributed by atoms with Crippen molar-refractivity contribution in [2.24, 2.45) is 5.41 Å².